The summed E-state index contributed by atoms with van der Waals surface area (Å²) in [5.41, 5.74) is 0.667. The van der Waals surface area contributed by atoms with Gasteiger partial charge in [0, 0.05) is 11.5 Å². The van der Waals surface area contributed by atoms with Crippen molar-refractivity contribution in [3.63, 3.8) is 0 Å². The van der Waals surface area contributed by atoms with Crippen LogP contribution >= 0.6 is 11.3 Å². The molecule has 0 spiro atoms. The first-order valence-corrected chi connectivity index (χ1v) is 6.82. The second kappa shape index (κ2) is 6.76. The average molecular weight is 306 g/mol. The van der Waals surface area contributed by atoms with Gasteiger partial charge in [-0.05, 0) is 23.8 Å². The minimum Gasteiger partial charge on any atom is -0.476 e. The maximum atomic E-state index is 12.7. The van der Waals surface area contributed by atoms with E-state index in [0.29, 0.717) is 10.6 Å². The Labute approximate surface area is 123 Å². The second-order valence-electron chi connectivity index (χ2n) is 4.03. The van der Waals surface area contributed by atoms with Gasteiger partial charge in [-0.2, -0.15) is 0 Å². The van der Waals surface area contributed by atoms with Gasteiger partial charge < -0.3 is 10.4 Å². The van der Waals surface area contributed by atoms with Crippen LogP contribution in [0, 0.1) is 5.82 Å². The molecule has 0 aliphatic rings. The molecule has 1 aromatic carbocycles. The number of carboxylic acid groups (broad SMARTS) is 1. The van der Waals surface area contributed by atoms with Crippen molar-refractivity contribution in [3.05, 3.63) is 57.8 Å². The maximum absolute atomic E-state index is 12.7. The third-order valence-electron chi connectivity index (χ3n) is 2.48. The van der Waals surface area contributed by atoms with Crippen LogP contribution in [0.25, 0.3) is 6.08 Å². The summed E-state index contributed by atoms with van der Waals surface area (Å²) in [7, 11) is 0. The number of halogens is 1. The Morgan fingerprint density at radius 2 is 2.05 bits per heavy atom. The summed E-state index contributed by atoms with van der Waals surface area (Å²) >= 11 is 1.16. The molecule has 1 aromatic heterocycles. The quantitative estimate of drug-likeness (QED) is 0.831. The third kappa shape index (κ3) is 4.50. The van der Waals surface area contributed by atoms with Gasteiger partial charge in [-0.25, -0.2) is 14.2 Å². The number of aromatic nitrogens is 1. The van der Waals surface area contributed by atoms with Crippen LogP contribution in [0.4, 0.5) is 4.39 Å². The van der Waals surface area contributed by atoms with E-state index in [2.05, 4.69) is 10.3 Å². The monoisotopic (exact) mass is 306 g/mol. The fraction of sp³-hybridized carbons (Fsp3) is 0.0714. The highest BCUT2D eigenvalue weighted by molar-refractivity contribution is 7.09. The van der Waals surface area contributed by atoms with Gasteiger partial charge in [0.05, 0.1) is 6.54 Å². The maximum Gasteiger partial charge on any atom is 0.355 e. The second-order valence-corrected chi connectivity index (χ2v) is 4.98. The lowest BCUT2D eigenvalue weighted by atomic mass is 10.2. The van der Waals surface area contributed by atoms with Crippen molar-refractivity contribution in [3.8, 4) is 0 Å². The van der Waals surface area contributed by atoms with E-state index < -0.39 is 5.97 Å². The highest BCUT2D eigenvalue weighted by atomic mass is 32.1. The molecule has 0 unspecified atom stereocenters. The van der Waals surface area contributed by atoms with Crippen LogP contribution in [-0.2, 0) is 11.3 Å². The zero-order valence-corrected chi connectivity index (χ0v) is 11.6. The molecular formula is C14H11FN2O3S. The summed E-state index contributed by atoms with van der Waals surface area (Å²) in [6, 6.07) is 5.72. The van der Waals surface area contributed by atoms with Gasteiger partial charge in [0.25, 0.3) is 0 Å². The van der Waals surface area contributed by atoms with Crippen LogP contribution < -0.4 is 5.32 Å². The average Bonchev–Trinajstić information content (AvgIpc) is 2.93. The Balaban J connectivity index is 1.86. The number of carboxylic acids is 1. The fourth-order valence-electron chi connectivity index (χ4n) is 1.46. The molecule has 0 bridgehead atoms. The van der Waals surface area contributed by atoms with E-state index in [0.717, 1.165) is 11.3 Å². The predicted octanol–water partition coefficient (Wildman–Crippen LogP) is 2.31. The SMILES string of the molecule is O=C(C=Cc1ccc(F)cc1)NCc1nc(C(=O)O)cs1. The van der Waals surface area contributed by atoms with E-state index >= 15 is 0 Å². The van der Waals surface area contributed by atoms with Crippen molar-refractivity contribution in [1.29, 1.82) is 0 Å². The van der Waals surface area contributed by atoms with Crippen molar-refractivity contribution >= 4 is 29.3 Å². The smallest absolute Gasteiger partial charge is 0.355 e. The topological polar surface area (TPSA) is 79.3 Å². The van der Waals surface area contributed by atoms with E-state index in [-0.39, 0.29) is 24.0 Å². The van der Waals surface area contributed by atoms with Crippen LogP contribution in [0.1, 0.15) is 21.1 Å². The van der Waals surface area contributed by atoms with Gasteiger partial charge >= 0.3 is 5.97 Å². The van der Waals surface area contributed by atoms with E-state index in [1.54, 1.807) is 18.2 Å². The first kappa shape index (κ1) is 14.9. The summed E-state index contributed by atoms with van der Waals surface area (Å²) in [6.07, 6.45) is 2.87. The van der Waals surface area contributed by atoms with Crippen molar-refractivity contribution in [1.82, 2.24) is 10.3 Å². The van der Waals surface area contributed by atoms with E-state index in [1.807, 2.05) is 0 Å². The molecule has 2 rings (SSSR count). The number of aromatic carboxylic acids is 1. The Morgan fingerprint density at radius 1 is 1.33 bits per heavy atom. The summed E-state index contributed by atoms with van der Waals surface area (Å²) in [4.78, 5) is 26.1. The van der Waals surface area contributed by atoms with Crippen molar-refractivity contribution in [2.75, 3.05) is 0 Å². The molecule has 7 heteroatoms. The predicted molar refractivity (Wildman–Crippen MR) is 76.4 cm³/mol. The molecule has 0 radical (unpaired) electrons. The third-order valence-corrected chi connectivity index (χ3v) is 3.33. The van der Waals surface area contributed by atoms with Crippen molar-refractivity contribution < 1.29 is 19.1 Å². The lowest BCUT2D eigenvalue weighted by molar-refractivity contribution is -0.116. The molecule has 2 N–H and O–H groups in total. The van der Waals surface area contributed by atoms with Crippen LogP contribution in [-0.4, -0.2) is 22.0 Å². The molecule has 0 atom stereocenters. The number of rotatable bonds is 5. The number of carbonyl (C=O) groups excluding carboxylic acids is 1. The largest absolute Gasteiger partial charge is 0.476 e. The van der Waals surface area contributed by atoms with Crippen LogP contribution in [0.3, 0.4) is 0 Å². The van der Waals surface area contributed by atoms with Crippen molar-refractivity contribution in [2.24, 2.45) is 0 Å². The van der Waals surface area contributed by atoms with E-state index in [1.165, 1.54) is 23.6 Å². The number of benzene rings is 1. The summed E-state index contributed by atoms with van der Waals surface area (Å²) in [6.45, 7) is 0.157. The lowest BCUT2D eigenvalue weighted by Gasteiger charge is -1.98. The fourth-order valence-corrected chi connectivity index (χ4v) is 2.17. The van der Waals surface area contributed by atoms with Crippen molar-refractivity contribution in [2.45, 2.75) is 6.54 Å². The minimum absolute atomic E-state index is 0.0360. The summed E-state index contributed by atoms with van der Waals surface area (Å²) < 4.78 is 12.7. The zero-order chi connectivity index (χ0) is 15.2. The van der Waals surface area contributed by atoms with Gasteiger partial charge in [-0.1, -0.05) is 12.1 Å². The molecule has 0 aliphatic heterocycles. The Morgan fingerprint density at radius 3 is 2.67 bits per heavy atom. The van der Waals surface area contributed by atoms with Crippen LogP contribution in [0.5, 0.6) is 0 Å². The molecule has 1 amide bonds. The lowest BCUT2D eigenvalue weighted by Crippen LogP contribution is -2.20. The number of hydrogen-bond acceptors (Lipinski definition) is 4. The molecular weight excluding hydrogens is 295 g/mol. The Hall–Kier alpha value is -2.54. The molecule has 21 heavy (non-hydrogen) atoms. The minimum atomic E-state index is -1.10. The molecule has 5 nitrogen and oxygen atoms in total. The van der Waals surface area contributed by atoms with Gasteiger partial charge in [-0.15, -0.1) is 11.3 Å². The number of nitrogens with zero attached hydrogens (tertiary/aromatic N) is 1. The Bertz CT molecular complexity index is 680. The molecule has 1 heterocycles. The van der Waals surface area contributed by atoms with Gasteiger partial charge in [0.15, 0.2) is 5.69 Å². The van der Waals surface area contributed by atoms with Gasteiger partial charge in [0.1, 0.15) is 10.8 Å². The first-order chi connectivity index (χ1) is 10.0. The first-order valence-electron chi connectivity index (χ1n) is 5.94. The highest BCUT2D eigenvalue weighted by Crippen LogP contribution is 2.09. The molecule has 0 saturated carbocycles. The standard InChI is InChI=1S/C14H11FN2O3S/c15-10-4-1-9(2-5-10)3-6-12(18)16-7-13-17-11(8-21-13)14(19)20/h1-6,8H,7H2,(H,16,18)(H,19,20). The van der Waals surface area contributed by atoms with E-state index in [4.69, 9.17) is 5.11 Å². The summed E-state index contributed by atoms with van der Waals surface area (Å²) in [5, 5.41) is 13.2. The van der Waals surface area contributed by atoms with E-state index in [9.17, 15) is 14.0 Å². The summed E-state index contributed by atoms with van der Waals surface area (Å²) in [5.74, 6) is -1.78. The molecule has 0 aliphatic carbocycles. The number of hydrogen-bond donors (Lipinski definition) is 2. The number of amides is 1. The molecule has 0 fully saturated rings. The number of nitrogens with one attached hydrogen (secondary N) is 1. The van der Waals surface area contributed by atoms with Crippen LogP contribution in [0.2, 0.25) is 0 Å². The normalized spacial score (nSPS) is 10.7. The van der Waals surface area contributed by atoms with Gasteiger partial charge in [-0.3, -0.25) is 4.79 Å². The number of carbonyl (C=O) groups is 2. The highest BCUT2D eigenvalue weighted by Gasteiger charge is 2.08. The number of thiazole rings is 1. The zero-order valence-electron chi connectivity index (χ0n) is 10.7. The molecule has 0 saturated heterocycles. The Kier molecular flexibility index (Phi) is 4.78. The molecule has 2 aromatic rings. The van der Waals surface area contributed by atoms with Gasteiger partial charge in [0.2, 0.25) is 5.91 Å². The molecule has 108 valence electrons. The van der Waals surface area contributed by atoms with Crippen LogP contribution in [0.15, 0.2) is 35.7 Å².